The van der Waals surface area contributed by atoms with E-state index in [1.165, 1.54) is 89.9 Å². The van der Waals surface area contributed by atoms with Crippen LogP contribution in [0, 0.1) is 166 Å². The van der Waals surface area contributed by atoms with Gasteiger partial charge in [0.1, 0.15) is 29.0 Å². The highest BCUT2D eigenvalue weighted by Gasteiger charge is 2.66. The topological polar surface area (TPSA) is 259 Å². The minimum absolute atomic E-state index is 0. The average Bonchev–Trinajstić information content (AvgIpc) is 1.09. The zero-order chi connectivity index (χ0) is 78.8. The molecule has 3 aliphatic heterocycles. The third-order valence-electron chi connectivity index (χ3n) is 33.2. The lowest BCUT2D eigenvalue weighted by Crippen LogP contribution is -2.67. The lowest BCUT2D eigenvalue weighted by atomic mass is 9.50. The van der Waals surface area contributed by atoms with Crippen LogP contribution in [0.3, 0.4) is 0 Å². The van der Waals surface area contributed by atoms with E-state index in [-0.39, 0.29) is 231 Å². The molecule has 18 aliphatic carbocycles. The van der Waals surface area contributed by atoms with Crippen LogP contribution >= 0.6 is 0 Å². The predicted molar refractivity (Wildman–Crippen MR) is 515 cm³/mol. The van der Waals surface area contributed by atoms with Crippen molar-refractivity contribution in [2.45, 2.75) is 463 Å². The molecule has 21 aliphatic rings. The fourth-order valence-electron chi connectivity index (χ4n) is 25.0. The molecule has 21 rings (SSSR count). The first-order chi connectivity index (χ1) is 50.8. The van der Waals surface area contributed by atoms with Gasteiger partial charge in [-0.1, -0.05) is 230 Å². The van der Waals surface area contributed by atoms with Gasteiger partial charge in [-0.25, -0.2) is 0 Å². The van der Waals surface area contributed by atoms with Crippen molar-refractivity contribution in [1.29, 1.82) is 0 Å². The lowest BCUT2D eigenvalue weighted by Gasteiger charge is -2.62. The van der Waals surface area contributed by atoms with Gasteiger partial charge in [-0.15, -0.1) is 0 Å². The number of esters is 9. The van der Waals surface area contributed by atoms with E-state index in [9.17, 15) is 53.4 Å². The first-order valence-corrected chi connectivity index (χ1v) is 43.8. The lowest BCUT2D eigenvalue weighted by molar-refractivity contribution is -0.262. The highest BCUT2D eigenvalue weighted by atomic mass is 16.6. The summed E-state index contributed by atoms with van der Waals surface area (Å²) in [5.41, 5.74) is -2.57. The van der Waals surface area contributed by atoms with Gasteiger partial charge in [-0.2, -0.15) is 0 Å². The van der Waals surface area contributed by atoms with E-state index in [1.807, 2.05) is 41.5 Å². The van der Waals surface area contributed by atoms with E-state index < -0.39 is 40.7 Å². The Balaban J connectivity index is -0.000000320. The summed E-state index contributed by atoms with van der Waals surface area (Å²) in [5, 5.41) is 21.2. The number of fused-ring (bicyclic) bond motifs is 5. The van der Waals surface area contributed by atoms with E-state index in [0.29, 0.717) is 54.8 Å². The Hall–Kier alpha value is -4.45. The van der Waals surface area contributed by atoms with E-state index in [1.54, 1.807) is 40.5 Å². The maximum atomic E-state index is 12.1. The second-order valence-electron chi connectivity index (χ2n) is 40.2. The molecule has 23 unspecified atom stereocenters. The van der Waals surface area contributed by atoms with Crippen molar-refractivity contribution in [3.05, 3.63) is 0 Å². The van der Waals surface area contributed by atoms with Crippen LogP contribution in [0.1, 0.15) is 423 Å². The van der Waals surface area contributed by atoms with Crippen molar-refractivity contribution in [3.8, 4) is 0 Å². The third-order valence-corrected chi connectivity index (χ3v) is 33.2. The van der Waals surface area contributed by atoms with Crippen LogP contribution in [0.2, 0.25) is 0 Å². The van der Waals surface area contributed by atoms with Crippen LogP contribution in [0.25, 0.3) is 0 Å². The van der Waals surface area contributed by atoms with Crippen LogP contribution in [0.4, 0.5) is 0 Å². The predicted octanol–water partition coefficient (Wildman–Crippen LogP) is 27.1. The number of hydrogen-bond donors (Lipinski definition) is 2. The third kappa shape index (κ3) is 27.4. The summed E-state index contributed by atoms with van der Waals surface area (Å²) >= 11 is 0. The average molecular weight is 1770 g/mol. The van der Waals surface area contributed by atoms with Crippen LogP contribution < -0.4 is 0 Å². The summed E-state index contributed by atoms with van der Waals surface area (Å²) in [7, 11) is 0. The fourth-order valence-corrected chi connectivity index (χ4v) is 25.0. The highest BCUT2D eigenvalue weighted by molar-refractivity contribution is 5.96. The van der Waals surface area contributed by atoms with Gasteiger partial charge in [0.25, 0.3) is 0 Å². The molecule has 18 heteroatoms. The summed E-state index contributed by atoms with van der Waals surface area (Å²) < 4.78 is 37.4. The SMILES string of the molecule is C.C.C.C.C.C.C.C.C.C.C.C.C.C.C.C.CC1C(=O)OC(=O)C1C.CC1C(=O)OC(=O)C1C.CC1C2CCC(C2)C1C.CC1C2CCC(C2)C1C.CCC(C)C(=O)OC1(C)C2CC3CC(C2)CC1C3.CCC(C)C(=O)OC1(C)C2CC3CC(C2)CC1C3.CCC(C)C(=O)OC12CC3CC(O)(CC(O)(C3)C1)C2.CCC(C)C(=O)OC1C2CC3C(=O)OC1C3C2. The molecule has 0 radical (unpaired) electrons. The monoisotopic (exact) mass is 1770 g/mol. The van der Waals surface area contributed by atoms with E-state index in [4.69, 9.17) is 23.7 Å². The maximum absolute atomic E-state index is 12.1. The molecule has 21 fully saturated rings. The highest BCUT2D eigenvalue weighted by Crippen LogP contribution is 2.64. The van der Waals surface area contributed by atoms with Gasteiger partial charge in [0, 0.05) is 31.1 Å². The fraction of sp³-hybridized carbons (Fsp3) is 0.915. The Labute approximate surface area is 765 Å². The number of ether oxygens (including phenoxy) is 7. The van der Waals surface area contributed by atoms with Gasteiger partial charge in [-0.05, 0) is 275 Å². The molecular formula is C106H206O18. The van der Waals surface area contributed by atoms with Crippen LogP contribution in [0.5, 0.6) is 0 Å². The molecule has 2 N–H and O–H groups in total. The van der Waals surface area contributed by atoms with Crippen molar-refractivity contribution in [2.75, 3.05) is 0 Å². The number of hydrogen-bond acceptors (Lipinski definition) is 18. The molecule has 18 bridgehead atoms. The molecule has 0 aromatic carbocycles. The largest absolute Gasteiger partial charge is 0.459 e. The second kappa shape index (κ2) is 52.0. The summed E-state index contributed by atoms with van der Waals surface area (Å²) in [6.07, 6.45) is 31.1. The summed E-state index contributed by atoms with van der Waals surface area (Å²) in [6.45, 7) is 36.7. The smallest absolute Gasteiger partial charge is 0.317 e. The normalized spacial score (nSPS) is 40.5. The molecule has 738 valence electrons. The number of rotatable bonds is 12. The minimum atomic E-state index is -0.829. The summed E-state index contributed by atoms with van der Waals surface area (Å²) in [6, 6.07) is 0. The molecule has 3 saturated heterocycles. The Bertz CT molecular complexity index is 2970. The van der Waals surface area contributed by atoms with Gasteiger partial charge in [0.05, 0.1) is 64.5 Å². The molecule has 0 spiro atoms. The van der Waals surface area contributed by atoms with Crippen molar-refractivity contribution in [1.82, 2.24) is 0 Å². The van der Waals surface area contributed by atoms with Crippen molar-refractivity contribution < 1.29 is 86.5 Å². The zero-order valence-corrected chi connectivity index (χ0v) is 69.5. The number of carbonyl (C=O) groups excluding carboxylic acids is 9. The zero-order valence-electron chi connectivity index (χ0n) is 69.5. The summed E-state index contributed by atoms with van der Waals surface area (Å²) in [5.74, 6) is 13.0. The van der Waals surface area contributed by atoms with Crippen LogP contribution in [-0.2, 0) is 76.3 Å². The number of aliphatic hydroxyl groups is 2. The van der Waals surface area contributed by atoms with E-state index in [0.717, 1.165) is 129 Å². The van der Waals surface area contributed by atoms with Gasteiger partial charge in [0.15, 0.2) is 0 Å². The number of cyclic esters (lactones) is 4. The maximum Gasteiger partial charge on any atom is 0.317 e. The Kier molecular flexibility index (Phi) is 54.6. The van der Waals surface area contributed by atoms with Gasteiger partial charge in [0.2, 0.25) is 0 Å². The Morgan fingerprint density at radius 1 is 0.355 bits per heavy atom. The first kappa shape index (κ1) is 130. The first-order valence-electron chi connectivity index (χ1n) is 43.8. The van der Waals surface area contributed by atoms with Gasteiger partial charge in [-0.3, -0.25) is 43.2 Å². The molecule has 18 nitrogen and oxygen atoms in total. The van der Waals surface area contributed by atoms with Crippen LogP contribution in [0.15, 0.2) is 0 Å². The van der Waals surface area contributed by atoms with Crippen molar-refractivity contribution in [3.63, 3.8) is 0 Å². The standard InChI is InChI=1S/2C16H26O2.C15H24O4.C13H18O4.2C9H16.2C6H8O3.16CH4/c2*1-4-10(2)15(17)18-16(3)13-6-11-5-12(8-13)9-14(16)7-11;1-3-10(2)12(16)19-15-6-11-4-13(17,8-15)7-14(18,5-11)9-15;1-3-6(2)12(14)16-10-7-4-8-9(5-7)13(15)17-11(8)10;2*1-6-7(2)9-4-3-8(6)5-9;2*1-3-4(2)6(8)9-5(3)7;;;;;;;;;;;;;;;;/h2*10-14H,4-9H2,1-3H3;10-11,17-18H,3-9H2,1-2H3;6-11H,3-5H2,1-2H3;2*6-9H,3-5H2,1-2H3;2*3-4H,1-2H3;16*1H4. The van der Waals surface area contributed by atoms with Crippen LogP contribution in [-0.4, -0.2) is 104 Å². The summed E-state index contributed by atoms with van der Waals surface area (Å²) in [4.78, 5) is 102. The molecule has 0 aromatic rings. The quantitative estimate of drug-likeness (QED) is 0.105. The van der Waals surface area contributed by atoms with E-state index in [2.05, 4.69) is 64.9 Å². The Morgan fingerprint density at radius 2 is 0.637 bits per heavy atom. The Morgan fingerprint density at radius 3 is 0.887 bits per heavy atom. The molecule has 0 aromatic heterocycles. The van der Waals surface area contributed by atoms with Crippen molar-refractivity contribution >= 4 is 53.7 Å². The molecule has 18 saturated carbocycles. The molecule has 23 atom stereocenters. The molecular weight excluding hydrogens is 1560 g/mol. The minimum Gasteiger partial charge on any atom is -0.459 e. The van der Waals surface area contributed by atoms with E-state index >= 15 is 0 Å². The second-order valence-corrected chi connectivity index (χ2v) is 40.2. The van der Waals surface area contributed by atoms with Crippen molar-refractivity contribution in [2.24, 2.45) is 166 Å². The van der Waals surface area contributed by atoms with Gasteiger partial charge >= 0.3 is 53.7 Å². The molecule has 0 amide bonds. The number of carbonyl (C=O) groups is 9. The van der Waals surface area contributed by atoms with Gasteiger partial charge < -0.3 is 43.4 Å². The molecule has 3 heterocycles. The molecule has 124 heavy (non-hydrogen) atoms.